The second-order valence-electron chi connectivity index (χ2n) is 3.43. The molecule has 0 spiro atoms. The predicted molar refractivity (Wildman–Crippen MR) is 52.0 cm³/mol. The molecule has 0 bridgehead atoms. The first-order chi connectivity index (χ1) is 7.75. The summed E-state index contributed by atoms with van der Waals surface area (Å²) < 4.78 is 43.9. The smallest absolute Gasteiger partial charge is 0.434 e. The molecule has 0 aliphatic rings. The molecule has 0 aliphatic carbocycles. The summed E-state index contributed by atoms with van der Waals surface area (Å²) in [6.07, 6.45) is -3.85. The third-order valence-corrected chi connectivity index (χ3v) is 2.30. The van der Waals surface area contributed by atoms with Gasteiger partial charge in [-0.3, -0.25) is 0 Å². The van der Waals surface area contributed by atoms with E-state index < -0.39 is 23.4 Å². The first-order valence-electron chi connectivity index (χ1n) is 4.83. The molecule has 1 aromatic heterocycles. The van der Waals surface area contributed by atoms with E-state index in [2.05, 4.69) is 4.74 Å². The SMILES string of the molecule is CCOC(=O)C(O)(c1cccn1C)C(F)(F)F. The van der Waals surface area contributed by atoms with Crippen molar-refractivity contribution < 1.29 is 27.8 Å². The van der Waals surface area contributed by atoms with Crippen molar-refractivity contribution in [1.29, 1.82) is 0 Å². The van der Waals surface area contributed by atoms with Crippen molar-refractivity contribution in [3.63, 3.8) is 0 Å². The maximum absolute atomic E-state index is 12.9. The summed E-state index contributed by atoms with van der Waals surface area (Å²) >= 11 is 0. The van der Waals surface area contributed by atoms with Gasteiger partial charge in [0.15, 0.2) is 0 Å². The van der Waals surface area contributed by atoms with Gasteiger partial charge in [0.2, 0.25) is 0 Å². The van der Waals surface area contributed by atoms with Gasteiger partial charge in [-0.2, -0.15) is 13.2 Å². The number of esters is 1. The normalized spacial score (nSPS) is 15.4. The molecule has 1 aromatic rings. The molecule has 0 fully saturated rings. The zero-order chi connectivity index (χ0) is 13.3. The lowest BCUT2D eigenvalue weighted by Gasteiger charge is -2.28. The molecule has 96 valence electrons. The summed E-state index contributed by atoms with van der Waals surface area (Å²) in [6, 6.07) is 2.32. The molecule has 0 saturated carbocycles. The number of aromatic nitrogens is 1. The van der Waals surface area contributed by atoms with Crippen LogP contribution in [0.3, 0.4) is 0 Å². The number of halogens is 3. The van der Waals surface area contributed by atoms with Crippen molar-refractivity contribution in [1.82, 2.24) is 4.57 Å². The van der Waals surface area contributed by atoms with Crippen molar-refractivity contribution in [3.8, 4) is 0 Å². The zero-order valence-electron chi connectivity index (χ0n) is 9.28. The van der Waals surface area contributed by atoms with E-state index in [9.17, 15) is 23.1 Å². The minimum absolute atomic E-state index is 0.248. The summed E-state index contributed by atoms with van der Waals surface area (Å²) in [5.41, 5.74) is -4.22. The number of carbonyl (C=O) groups is 1. The third kappa shape index (κ3) is 2.14. The number of ether oxygens (including phenoxy) is 1. The van der Waals surface area contributed by atoms with E-state index in [-0.39, 0.29) is 6.61 Å². The minimum Gasteiger partial charge on any atom is -0.463 e. The number of nitrogens with zero attached hydrogens (tertiary/aromatic N) is 1. The van der Waals surface area contributed by atoms with Gasteiger partial charge in [-0.15, -0.1) is 0 Å². The van der Waals surface area contributed by atoms with Gasteiger partial charge in [0.05, 0.1) is 12.3 Å². The molecule has 0 aromatic carbocycles. The average Bonchev–Trinajstić information content (AvgIpc) is 2.62. The molecule has 1 atom stereocenters. The first kappa shape index (κ1) is 13.6. The van der Waals surface area contributed by atoms with Crippen molar-refractivity contribution in [3.05, 3.63) is 24.0 Å². The van der Waals surface area contributed by atoms with Crippen molar-refractivity contribution >= 4 is 5.97 Å². The highest BCUT2D eigenvalue weighted by atomic mass is 19.4. The fourth-order valence-corrected chi connectivity index (χ4v) is 1.44. The highest BCUT2D eigenvalue weighted by Crippen LogP contribution is 2.39. The maximum atomic E-state index is 12.9. The van der Waals surface area contributed by atoms with E-state index in [4.69, 9.17) is 0 Å². The van der Waals surface area contributed by atoms with E-state index in [0.29, 0.717) is 0 Å². The Morgan fingerprint density at radius 1 is 1.53 bits per heavy atom. The molecule has 1 N–H and O–H groups in total. The Kier molecular flexibility index (Phi) is 3.51. The molecule has 0 saturated heterocycles. The Labute approximate surface area is 95.6 Å². The Bertz CT molecular complexity index is 413. The lowest BCUT2D eigenvalue weighted by Crippen LogP contribution is -2.51. The predicted octanol–water partition coefficient (Wildman–Crippen LogP) is 1.34. The topological polar surface area (TPSA) is 51.5 Å². The number of carbonyl (C=O) groups excluding carboxylic acids is 1. The number of alkyl halides is 3. The van der Waals surface area contributed by atoms with Gasteiger partial charge in [-0.1, -0.05) is 0 Å². The second kappa shape index (κ2) is 4.40. The average molecular weight is 251 g/mol. The number of hydrogen-bond acceptors (Lipinski definition) is 3. The second-order valence-corrected chi connectivity index (χ2v) is 3.43. The fourth-order valence-electron chi connectivity index (χ4n) is 1.44. The van der Waals surface area contributed by atoms with Crippen LogP contribution in [-0.4, -0.2) is 28.4 Å². The van der Waals surface area contributed by atoms with E-state index in [1.807, 2.05) is 0 Å². The van der Waals surface area contributed by atoms with Crippen LogP contribution in [0.1, 0.15) is 12.6 Å². The Hall–Kier alpha value is -1.50. The molecule has 0 radical (unpaired) electrons. The Morgan fingerprint density at radius 2 is 2.12 bits per heavy atom. The van der Waals surface area contributed by atoms with Crippen LogP contribution in [0.15, 0.2) is 18.3 Å². The van der Waals surface area contributed by atoms with Gasteiger partial charge in [0.25, 0.3) is 5.60 Å². The van der Waals surface area contributed by atoms with Gasteiger partial charge in [0.1, 0.15) is 0 Å². The van der Waals surface area contributed by atoms with Crippen LogP contribution in [-0.2, 0) is 22.2 Å². The molecule has 1 rings (SSSR count). The minimum atomic E-state index is -5.15. The van der Waals surface area contributed by atoms with Gasteiger partial charge < -0.3 is 14.4 Å². The molecular weight excluding hydrogens is 239 g/mol. The molecule has 4 nitrogen and oxygen atoms in total. The van der Waals surface area contributed by atoms with Crippen LogP contribution < -0.4 is 0 Å². The van der Waals surface area contributed by atoms with Crippen LogP contribution in [0, 0.1) is 0 Å². The van der Waals surface area contributed by atoms with Crippen molar-refractivity contribution in [2.45, 2.75) is 18.7 Å². The summed E-state index contributed by atoms with van der Waals surface area (Å²) in [5, 5.41) is 9.67. The van der Waals surface area contributed by atoms with Crippen LogP contribution >= 0.6 is 0 Å². The summed E-state index contributed by atoms with van der Waals surface area (Å²) in [4.78, 5) is 11.4. The van der Waals surface area contributed by atoms with E-state index >= 15 is 0 Å². The van der Waals surface area contributed by atoms with Gasteiger partial charge in [0, 0.05) is 13.2 Å². The molecule has 7 heteroatoms. The zero-order valence-corrected chi connectivity index (χ0v) is 9.28. The summed E-state index contributed by atoms with van der Waals surface area (Å²) in [7, 11) is 1.30. The molecule has 1 unspecified atom stereocenters. The highest BCUT2D eigenvalue weighted by molar-refractivity contribution is 5.81. The monoisotopic (exact) mass is 251 g/mol. The van der Waals surface area contributed by atoms with Crippen LogP contribution in [0.25, 0.3) is 0 Å². The lowest BCUT2D eigenvalue weighted by atomic mass is 9.99. The fraction of sp³-hybridized carbons (Fsp3) is 0.500. The molecular formula is C10H12F3NO3. The van der Waals surface area contributed by atoms with Crippen LogP contribution in [0.5, 0.6) is 0 Å². The molecule has 17 heavy (non-hydrogen) atoms. The quantitative estimate of drug-likeness (QED) is 0.825. The molecule has 0 aliphatic heterocycles. The Balaban J connectivity index is 3.31. The van der Waals surface area contributed by atoms with E-state index in [0.717, 1.165) is 10.6 Å². The number of rotatable bonds is 3. The standard InChI is InChI=1S/C10H12F3NO3/c1-3-17-8(15)9(16,10(11,12)13)7-5-4-6-14(7)2/h4-6,16H,3H2,1-2H3. The van der Waals surface area contributed by atoms with Crippen LogP contribution in [0.4, 0.5) is 13.2 Å². The van der Waals surface area contributed by atoms with Gasteiger partial charge >= 0.3 is 12.1 Å². The first-order valence-corrected chi connectivity index (χ1v) is 4.83. The number of hydrogen-bond donors (Lipinski definition) is 1. The Morgan fingerprint density at radius 3 is 2.47 bits per heavy atom. The summed E-state index contributed by atoms with van der Waals surface area (Å²) in [5.74, 6) is -1.73. The number of aryl methyl sites for hydroxylation is 1. The van der Waals surface area contributed by atoms with Crippen molar-refractivity contribution in [2.75, 3.05) is 6.61 Å². The lowest BCUT2D eigenvalue weighted by molar-refractivity contribution is -0.269. The highest BCUT2D eigenvalue weighted by Gasteiger charge is 2.63. The summed E-state index contributed by atoms with van der Waals surface area (Å²) in [6.45, 7) is 1.11. The number of aliphatic hydroxyl groups is 1. The van der Waals surface area contributed by atoms with E-state index in [1.54, 1.807) is 0 Å². The van der Waals surface area contributed by atoms with E-state index in [1.165, 1.54) is 26.2 Å². The van der Waals surface area contributed by atoms with Gasteiger partial charge in [-0.05, 0) is 19.1 Å². The largest absolute Gasteiger partial charge is 0.463 e. The molecule has 0 amide bonds. The maximum Gasteiger partial charge on any atom is 0.434 e. The third-order valence-electron chi connectivity index (χ3n) is 2.30. The van der Waals surface area contributed by atoms with Gasteiger partial charge in [-0.25, -0.2) is 4.79 Å². The van der Waals surface area contributed by atoms with Crippen LogP contribution in [0.2, 0.25) is 0 Å². The van der Waals surface area contributed by atoms with Crippen molar-refractivity contribution in [2.24, 2.45) is 7.05 Å². The molecule has 1 heterocycles.